The molecule has 0 bridgehead atoms. The van der Waals surface area contributed by atoms with Crippen LogP contribution in [-0.4, -0.2) is 61.4 Å². The quantitative estimate of drug-likeness (QED) is 0.596. The number of hydrogen-bond donors (Lipinski definition) is 0. The molecule has 1 aromatic rings. The molecule has 6 heteroatoms. The van der Waals surface area contributed by atoms with Gasteiger partial charge >= 0.3 is 5.97 Å². The van der Waals surface area contributed by atoms with E-state index in [0.29, 0.717) is 26.1 Å². The Hall–Kier alpha value is -2.37. The predicted molar refractivity (Wildman–Crippen MR) is 112 cm³/mol. The fourth-order valence-electron chi connectivity index (χ4n) is 3.97. The molecule has 1 fully saturated rings. The van der Waals surface area contributed by atoms with E-state index in [9.17, 15) is 14.4 Å². The normalized spacial score (nSPS) is 18.9. The molecule has 6 nitrogen and oxygen atoms in total. The van der Waals surface area contributed by atoms with Crippen molar-refractivity contribution in [3.8, 4) is 0 Å². The van der Waals surface area contributed by atoms with Crippen molar-refractivity contribution < 1.29 is 19.1 Å². The van der Waals surface area contributed by atoms with Crippen LogP contribution in [-0.2, 0) is 25.5 Å². The van der Waals surface area contributed by atoms with Gasteiger partial charge in [0.1, 0.15) is 0 Å². The van der Waals surface area contributed by atoms with Crippen LogP contribution in [0.1, 0.15) is 51.0 Å². The molecule has 0 aromatic heterocycles. The molecule has 2 rings (SSSR count). The van der Waals surface area contributed by atoms with Gasteiger partial charge in [0, 0.05) is 40.0 Å². The van der Waals surface area contributed by atoms with E-state index in [2.05, 4.69) is 12.1 Å². The molecule has 2 amide bonds. The Kier molecular flexibility index (Phi) is 8.68. The zero-order valence-electron chi connectivity index (χ0n) is 18.0. The number of rotatable bonds is 9. The van der Waals surface area contributed by atoms with Gasteiger partial charge in [-0.25, -0.2) is 0 Å². The maximum atomic E-state index is 12.9. The van der Waals surface area contributed by atoms with E-state index in [1.54, 1.807) is 19.0 Å². The molecule has 1 aliphatic heterocycles. The van der Waals surface area contributed by atoms with Crippen LogP contribution in [0.5, 0.6) is 0 Å². The summed E-state index contributed by atoms with van der Waals surface area (Å²) in [5, 5.41) is 0. The predicted octanol–water partition coefficient (Wildman–Crippen LogP) is 3.05. The number of esters is 1. The minimum Gasteiger partial charge on any atom is -0.466 e. The van der Waals surface area contributed by atoms with Crippen molar-refractivity contribution in [2.75, 3.05) is 33.8 Å². The molecule has 29 heavy (non-hydrogen) atoms. The van der Waals surface area contributed by atoms with Gasteiger partial charge in [-0.1, -0.05) is 30.3 Å². The number of ether oxygens (including phenoxy) is 1. The lowest BCUT2D eigenvalue weighted by Gasteiger charge is -2.41. The van der Waals surface area contributed by atoms with Gasteiger partial charge in [-0.3, -0.25) is 14.4 Å². The van der Waals surface area contributed by atoms with Crippen LogP contribution in [0.3, 0.4) is 0 Å². The second-order valence-electron chi connectivity index (χ2n) is 8.05. The minimum atomic E-state index is -0.649. The second kappa shape index (κ2) is 11.0. The largest absolute Gasteiger partial charge is 0.466 e. The first-order chi connectivity index (χ1) is 13.9. The van der Waals surface area contributed by atoms with Gasteiger partial charge in [-0.2, -0.15) is 0 Å². The number of piperidine rings is 1. The van der Waals surface area contributed by atoms with Gasteiger partial charge in [0.25, 0.3) is 0 Å². The van der Waals surface area contributed by atoms with Crippen molar-refractivity contribution in [1.29, 1.82) is 0 Å². The topological polar surface area (TPSA) is 66.9 Å². The first-order valence-corrected chi connectivity index (χ1v) is 10.6. The Morgan fingerprint density at radius 3 is 2.52 bits per heavy atom. The molecular formula is C23H34N2O4. The van der Waals surface area contributed by atoms with Crippen molar-refractivity contribution in [3.63, 3.8) is 0 Å². The van der Waals surface area contributed by atoms with E-state index in [-0.39, 0.29) is 30.6 Å². The maximum Gasteiger partial charge on any atom is 0.313 e. The van der Waals surface area contributed by atoms with E-state index in [0.717, 1.165) is 25.7 Å². The molecule has 1 aliphatic rings. The van der Waals surface area contributed by atoms with E-state index >= 15 is 0 Å². The molecule has 160 valence electrons. The summed E-state index contributed by atoms with van der Waals surface area (Å²) < 4.78 is 5.41. The second-order valence-corrected chi connectivity index (χ2v) is 8.05. The third-order valence-electron chi connectivity index (χ3n) is 5.65. The molecule has 0 unspecified atom stereocenters. The molecule has 0 radical (unpaired) electrons. The third kappa shape index (κ3) is 6.58. The van der Waals surface area contributed by atoms with Crippen molar-refractivity contribution in [2.45, 2.75) is 51.9 Å². The SMILES string of the molecule is CCOC(=O)[C@@]1(CCCc2ccccc2)CCCN(C(=O)CCC(=O)N(C)C)C1. The lowest BCUT2D eigenvalue weighted by molar-refractivity contribution is -0.161. The summed E-state index contributed by atoms with van der Waals surface area (Å²) in [6.45, 7) is 3.17. The van der Waals surface area contributed by atoms with Crippen LogP contribution < -0.4 is 0 Å². The Morgan fingerprint density at radius 1 is 1.14 bits per heavy atom. The van der Waals surface area contributed by atoms with Crippen LogP contribution in [0.25, 0.3) is 0 Å². The minimum absolute atomic E-state index is 0.0587. The lowest BCUT2D eigenvalue weighted by atomic mass is 9.75. The number of amides is 2. The first kappa shape index (κ1) is 22.9. The molecule has 1 aromatic carbocycles. The van der Waals surface area contributed by atoms with E-state index < -0.39 is 5.41 Å². The number of nitrogens with zero attached hydrogens (tertiary/aromatic N) is 2. The lowest BCUT2D eigenvalue weighted by Crippen LogP contribution is -2.50. The zero-order chi connectivity index (χ0) is 21.3. The molecule has 1 saturated heterocycles. The molecule has 0 spiro atoms. The number of likely N-dealkylation sites (tertiary alicyclic amines) is 1. The van der Waals surface area contributed by atoms with E-state index in [1.165, 1.54) is 10.5 Å². The monoisotopic (exact) mass is 402 g/mol. The average molecular weight is 403 g/mol. The number of benzene rings is 1. The molecule has 0 N–H and O–H groups in total. The summed E-state index contributed by atoms with van der Waals surface area (Å²) >= 11 is 0. The number of aryl methyl sites for hydroxylation is 1. The molecule has 1 heterocycles. The van der Waals surface area contributed by atoms with Gasteiger partial charge in [0.15, 0.2) is 0 Å². The summed E-state index contributed by atoms with van der Waals surface area (Å²) in [7, 11) is 3.37. The number of carbonyl (C=O) groups excluding carboxylic acids is 3. The Morgan fingerprint density at radius 2 is 1.86 bits per heavy atom. The van der Waals surface area contributed by atoms with Crippen molar-refractivity contribution >= 4 is 17.8 Å². The highest BCUT2D eigenvalue weighted by atomic mass is 16.5. The van der Waals surface area contributed by atoms with Gasteiger partial charge in [-0.15, -0.1) is 0 Å². The summed E-state index contributed by atoms with van der Waals surface area (Å²) in [5.41, 5.74) is 0.599. The Bertz CT molecular complexity index is 689. The van der Waals surface area contributed by atoms with Gasteiger partial charge in [0.05, 0.1) is 12.0 Å². The highest BCUT2D eigenvalue weighted by Gasteiger charge is 2.44. The standard InChI is InChI=1S/C23H34N2O4/c1-4-29-22(28)23(15-8-12-19-10-6-5-7-11-19)16-9-17-25(18-23)21(27)14-13-20(26)24(2)3/h5-7,10-11H,4,8-9,12-18H2,1-3H3/t23-/m0/s1. The van der Waals surface area contributed by atoms with Crippen LogP contribution >= 0.6 is 0 Å². The maximum absolute atomic E-state index is 12.9. The highest BCUT2D eigenvalue weighted by molar-refractivity contribution is 5.84. The molecule has 0 aliphatic carbocycles. The first-order valence-electron chi connectivity index (χ1n) is 10.6. The van der Waals surface area contributed by atoms with Crippen LogP contribution in [0, 0.1) is 5.41 Å². The van der Waals surface area contributed by atoms with Crippen LogP contribution in [0.2, 0.25) is 0 Å². The number of hydrogen-bond acceptors (Lipinski definition) is 4. The zero-order valence-corrected chi connectivity index (χ0v) is 18.0. The van der Waals surface area contributed by atoms with Crippen LogP contribution in [0.4, 0.5) is 0 Å². The number of carbonyl (C=O) groups is 3. The molecule has 0 saturated carbocycles. The van der Waals surface area contributed by atoms with E-state index in [4.69, 9.17) is 4.74 Å². The van der Waals surface area contributed by atoms with Gasteiger partial charge < -0.3 is 14.5 Å². The fourth-order valence-corrected chi connectivity index (χ4v) is 3.97. The molecular weight excluding hydrogens is 368 g/mol. The summed E-state index contributed by atoms with van der Waals surface area (Å²) in [6, 6.07) is 10.2. The van der Waals surface area contributed by atoms with Crippen LogP contribution in [0.15, 0.2) is 30.3 Å². The van der Waals surface area contributed by atoms with Gasteiger partial charge in [0.2, 0.25) is 11.8 Å². The highest BCUT2D eigenvalue weighted by Crippen LogP contribution is 2.37. The third-order valence-corrected chi connectivity index (χ3v) is 5.65. The average Bonchev–Trinajstić information content (AvgIpc) is 2.72. The summed E-state index contributed by atoms with van der Waals surface area (Å²) in [5.74, 6) is -0.318. The summed E-state index contributed by atoms with van der Waals surface area (Å²) in [4.78, 5) is 40.6. The smallest absolute Gasteiger partial charge is 0.313 e. The van der Waals surface area contributed by atoms with Crippen molar-refractivity contribution in [3.05, 3.63) is 35.9 Å². The molecule has 1 atom stereocenters. The van der Waals surface area contributed by atoms with Crippen molar-refractivity contribution in [1.82, 2.24) is 9.80 Å². The summed E-state index contributed by atoms with van der Waals surface area (Å²) in [6.07, 6.45) is 4.35. The van der Waals surface area contributed by atoms with Crippen molar-refractivity contribution in [2.24, 2.45) is 5.41 Å². The van der Waals surface area contributed by atoms with E-state index in [1.807, 2.05) is 25.1 Å². The van der Waals surface area contributed by atoms with Gasteiger partial charge in [-0.05, 0) is 44.6 Å². The Balaban J connectivity index is 2.02. The Labute approximate surface area is 174 Å². The fraction of sp³-hybridized carbons (Fsp3) is 0.609.